The van der Waals surface area contributed by atoms with E-state index >= 15 is 0 Å². The van der Waals surface area contributed by atoms with Crippen LogP contribution >= 0.6 is 23.2 Å². The molecule has 0 radical (unpaired) electrons. The van der Waals surface area contributed by atoms with Gasteiger partial charge in [0.25, 0.3) is 0 Å². The lowest BCUT2D eigenvalue weighted by Crippen LogP contribution is -2.14. The lowest BCUT2D eigenvalue weighted by molar-refractivity contribution is 0.688. The zero-order valence-electron chi connectivity index (χ0n) is 13.7. The minimum atomic E-state index is 0.387. The fraction of sp³-hybridized carbons (Fsp3) is 0.278. The Balaban J connectivity index is 2.23. The number of anilines is 1. The fourth-order valence-electron chi connectivity index (χ4n) is 2.74. The standard InChI is InChI=1S/C18H20Cl2N4/c1-11(2)9-23-17-14(8-21)15(10-24-6-5-22-18(17)24)13-4-3-12(19)7-16(13)20/h3-7,10-11,23H,8-9,21H2,1-2H3. The molecule has 0 aliphatic rings. The molecule has 0 aliphatic heterocycles. The Morgan fingerprint density at radius 3 is 2.71 bits per heavy atom. The topological polar surface area (TPSA) is 55.3 Å². The number of fused-ring (bicyclic) bond motifs is 1. The predicted octanol–water partition coefficient (Wildman–Crippen LogP) is 4.83. The van der Waals surface area contributed by atoms with Gasteiger partial charge in [0, 0.05) is 58.4 Å². The molecule has 2 aromatic heterocycles. The first-order valence-electron chi connectivity index (χ1n) is 7.89. The van der Waals surface area contributed by atoms with Gasteiger partial charge in [-0.2, -0.15) is 0 Å². The number of hydrogen-bond donors (Lipinski definition) is 2. The van der Waals surface area contributed by atoms with Crippen LogP contribution in [-0.2, 0) is 6.54 Å². The van der Waals surface area contributed by atoms with Gasteiger partial charge in [-0.25, -0.2) is 4.98 Å². The third-order valence-electron chi connectivity index (χ3n) is 3.90. The molecule has 0 bridgehead atoms. The zero-order valence-corrected chi connectivity index (χ0v) is 15.2. The van der Waals surface area contributed by atoms with Crippen molar-refractivity contribution in [2.75, 3.05) is 11.9 Å². The van der Waals surface area contributed by atoms with Crippen LogP contribution in [0.1, 0.15) is 19.4 Å². The van der Waals surface area contributed by atoms with Gasteiger partial charge in [0.2, 0.25) is 0 Å². The third kappa shape index (κ3) is 3.22. The van der Waals surface area contributed by atoms with Crippen molar-refractivity contribution in [1.82, 2.24) is 9.38 Å². The Labute approximate surface area is 151 Å². The average Bonchev–Trinajstić information content (AvgIpc) is 2.99. The Morgan fingerprint density at radius 2 is 2.04 bits per heavy atom. The summed E-state index contributed by atoms with van der Waals surface area (Å²) in [5.74, 6) is 0.508. The molecule has 24 heavy (non-hydrogen) atoms. The Morgan fingerprint density at radius 1 is 1.25 bits per heavy atom. The van der Waals surface area contributed by atoms with E-state index in [2.05, 4.69) is 24.1 Å². The zero-order chi connectivity index (χ0) is 17.3. The summed E-state index contributed by atoms with van der Waals surface area (Å²) >= 11 is 12.5. The van der Waals surface area contributed by atoms with Crippen LogP contribution in [-0.4, -0.2) is 15.9 Å². The molecule has 126 valence electrons. The van der Waals surface area contributed by atoms with E-state index in [-0.39, 0.29) is 0 Å². The number of imidazole rings is 1. The number of pyridine rings is 1. The molecule has 0 amide bonds. The molecule has 0 unspecified atom stereocenters. The normalized spacial score (nSPS) is 11.4. The molecule has 0 atom stereocenters. The number of benzene rings is 1. The molecule has 0 aliphatic carbocycles. The van der Waals surface area contributed by atoms with Crippen LogP contribution in [0.15, 0.2) is 36.8 Å². The van der Waals surface area contributed by atoms with Gasteiger partial charge in [0.15, 0.2) is 5.65 Å². The van der Waals surface area contributed by atoms with E-state index in [0.29, 0.717) is 22.5 Å². The maximum Gasteiger partial charge on any atom is 0.160 e. The average molecular weight is 363 g/mol. The van der Waals surface area contributed by atoms with E-state index in [1.165, 1.54) is 0 Å². The molecular formula is C18H20Cl2N4. The Bertz CT molecular complexity index is 871. The van der Waals surface area contributed by atoms with Crippen LogP contribution in [0.25, 0.3) is 16.8 Å². The summed E-state index contributed by atoms with van der Waals surface area (Å²) in [6.45, 7) is 5.56. The second-order valence-corrected chi connectivity index (χ2v) is 7.00. The minimum absolute atomic E-state index is 0.387. The van der Waals surface area contributed by atoms with Crippen LogP contribution in [0.5, 0.6) is 0 Å². The van der Waals surface area contributed by atoms with Crippen molar-refractivity contribution in [3.8, 4) is 11.1 Å². The molecular weight excluding hydrogens is 343 g/mol. The maximum atomic E-state index is 6.43. The van der Waals surface area contributed by atoms with Crippen molar-refractivity contribution < 1.29 is 0 Å². The number of aromatic nitrogens is 2. The molecule has 1 aromatic carbocycles. The highest BCUT2D eigenvalue weighted by Gasteiger charge is 2.17. The maximum absolute atomic E-state index is 6.43. The summed E-state index contributed by atoms with van der Waals surface area (Å²) in [5, 5.41) is 4.72. The Kier molecular flexibility index (Phi) is 4.99. The number of hydrogen-bond acceptors (Lipinski definition) is 3. The molecule has 0 saturated heterocycles. The summed E-state index contributed by atoms with van der Waals surface area (Å²) in [5.41, 5.74) is 10.8. The largest absolute Gasteiger partial charge is 0.381 e. The van der Waals surface area contributed by atoms with Gasteiger partial charge >= 0.3 is 0 Å². The van der Waals surface area contributed by atoms with Gasteiger partial charge in [-0.05, 0) is 18.1 Å². The summed E-state index contributed by atoms with van der Waals surface area (Å²) in [6.07, 6.45) is 5.72. The van der Waals surface area contributed by atoms with Gasteiger partial charge in [-0.15, -0.1) is 0 Å². The SMILES string of the molecule is CC(C)CNc1c(CN)c(-c2ccc(Cl)cc2Cl)cn2ccnc12. The lowest BCUT2D eigenvalue weighted by Gasteiger charge is -2.18. The van der Waals surface area contributed by atoms with Gasteiger partial charge in [0.05, 0.1) is 5.69 Å². The van der Waals surface area contributed by atoms with E-state index in [9.17, 15) is 0 Å². The summed E-state index contributed by atoms with van der Waals surface area (Å²) < 4.78 is 1.99. The van der Waals surface area contributed by atoms with E-state index in [4.69, 9.17) is 28.9 Å². The van der Waals surface area contributed by atoms with Crippen molar-refractivity contribution in [3.63, 3.8) is 0 Å². The molecule has 0 spiro atoms. The fourth-order valence-corrected chi connectivity index (χ4v) is 3.25. The molecule has 3 N–H and O–H groups in total. The number of rotatable bonds is 5. The van der Waals surface area contributed by atoms with Gasteiger partial charge < -0.3 is 15.5 Å². The molecule has 3 rings (SSSR count). The first kappa shape index (κ1) is 17.1. The lowest BCUT2D eigenvalue weighted by atomic mass is 10.00. The summed E-state index contributed by atoms with van der Waals surface area (Å²) in [6, 6.07) is 5.51. The van der Waals surface area contributed by atoms with Crippen molar-refractivity contribution in [2.24, 2.45) is 11.7 Å². The van der Waals surface area contributed by atoms with Crippen LogP contribution in [0.3, 0.4) is 0 Å². The van der Waals surface area contributed by atoms with Crippen molar-refractivity contribution in [3.05, 3.63) is 52.4 Å². The number of halogens is 2. The van der Waals surface area contributed by atoms with E-state index in [1.54, 1.807) is 12.3 Å². The van der Waals surface area contributed by atoms with Crippen molar-refractivity contribution >= 4 is 34.5 Å². The van der Waals surface area contributed by atoms with Gasteiger partial charge in [-0.1, -0.05) is 43.1 Å². The second kappa shape index (κ2) is 7.01. The number of nitrogens with one attached hydrogen (secondary N) is 1. The highest BCUT2D eigenvalue weighted by Crippen LogP contribution is 2.36. The Hall–Kier alpha value is -1.75. The van der Waals surface area contributed by atoms with E-state index in [0.717, 1.165) is 34.6 Å². The quantitative estimate of drug-likeness (QED) is 0.682. The molecule has 3 aromatic rings. The smallest absolute Gasteiger partial charge is 0.160 e. The highest BCUT2D eigenvalue weighted by atomic mass is 35.5. The molecule has 2 heterocycles. The van der Waals surface area contributed by atoms with Crippen LogP contribution < -0.4 is 11.1 Å². The molecule has 6 heteroatoms. The van der Waals surface area contributed by atoms with Crippen molar-refractivity contribution in [2.45, 2.75) is 20.4 Å². The third-order valence-corrected chi connectivity index (χ3v) is 4.45. The monoisotopic (exact) mass is 362 g/mol. The molecule has 0 saturated carbocycles. The van der Waals surface area contributed by atoms with Crippen LogP contribution in [0.2, 0.25) is 10.0 Å². The first-order chi connectivity index (χ1) is 11.5. The number of nitrogens with two attached hydrogens (primary N) is 1. The number of nitrogens with zero attached hydrogens (tertiary/aromatic N) is 2. The molecule has 0 fully saturated rings. The van der Waals surface area contributed by atoms with Crippen LogP contribution in [0.4, 0.5) is 5.69 Å². The minimum Gasteiger partial charge on any atom is -0.381 e. The van der Waals surface area contributed by atoms with Gasteiger partial charge in [-0.3, -0.25) is 0 Å². The summed E-state index contributed by atoms with van der Waals surface area (Å²) in [4.78, 5) is 4.47. The van der Waals surface area contributed by atoms with E-state index < -0.39 is 0 Å². The second-order valence-electron chi connectivity index (χ2n) is 6.16. The van der Waals surface area contributed by atoms with Crippen LogP contribution in [0, 0.1) is 5.92 Å². The van der Waals surface area contributed by atoms with E-state index in [1.807, 2.05) is 28.9 Å². The van der Waals surface area contributed by atoms with Gasteiger partial charge in [0.1, 0.15) is 0 Å². The predicted molar refractivity (Wildman–Crippen MR) is 102 cm³/mol. The highest BCUT2D eigenvalue weighted by molar-refractivity contribution is 6.36. The molecule has 4 nitrogen and oxygen atoms in total. The van der Waals surface area contributed by atoms with Crippen molar-refractivity contribution in [1.29, 1.82) is 0 Å². The first-order valence-corrected chi connectivity index (χ1v) is 8.64. The summed E-state index contributed by atoms with van der Waals surface area (Å²) in [7, 11) is 0.